The van der Waals surface area contributed by atoms with Gasteiger partial charge in [-0.25, -0.2) is 0 Å². The van der Waals surface area contributed by atoms with Crippen molar-refractivity contribution in [3.05, 3.63) is 70.8 Å². The van der Waals surface area contributed by atoms with Crippen LogP contribution >= 0.6 is 0 Å². The Morgan fingerprint density at radius 3 is 2.06 bits per heavy atom. The van der Waals surface area contributed by atoms with Crippen LogP contribution < -0.4 is 0 Å². The maximum atomic E-state index is 13.6. The first-order valence-electron chi connectivity index (χ1n) is 11.3. The largest absolute Gasteiger partial charge is 0.367 e. The smallest absolute Gasteiger partial charge is 0.261 e. The van der Waals surface area contributed by atoms with Gasteiger partial charge in [-0.05, 0) is 37.1 Å². The number of aldehydes is 1. The Bertz CT molecular complexity index is 1290. The summed E-state index contributed by atoms with van der Waals surface area (Å²) < 4.78 is 6.14. The minimum Gasteiger partial charge on any atom is -0.367 e. The Kier molecular flexibility index (Phi) is 3.36. The van der Waals surface area contributed by atoms with Gasteiger partial charge in [0.15, 0.2) is 0 Å². The summed E-state index contributed by atoms with van der Waals surface area (Å²) in [7, 11) is 0. The van der Waals surface area contributed by atoms with E-state index in [4.69, 9.17) is 4.74 Å². The van der Waals surface area contributed by atoms with E-state index >= 15 is 0 Å². The van der Waals surface area contributed by atoms with Crippen molar-refractivity contribution in [1.82, 2.24) is 9.80 Å². The number of carbonyl (C=O) groups is 4. The van der Waals surface area contributed by atoms with Crippen LogP contribution in [0.4, 0.5) is 0 Å². The fraction of sp³-hybridized carbons (Fsp3) is 0.385. The van der Waals surface area contributed by atoms with Crippen molar-refractivity contribution in [3.63, 3.8) is 0 Å². The summed E-state index contributed by atoms with van der Waals surface area (Å²) in [5.41, 5.74) is 1.08. The first kappa shape index (κ1) is 19.2. The van der Waals surface area contributed by atoms with Crippen molar-refractivity contribution in [2.45, 2.75) is 43.2 Å². The molecule has 8 rings (SSSR count). The topological polar surface area (TPSA) is 87.3 Å². The van der Waals surface area contributed by atoms with Crippen LogP contribution in [0.5, 0.6) is 0 Å². The van der Waals surface area contributed by atoms with Gasteiger partial charge in [-0.1, -0.05) is 36.4 Å². The average molecular weight is 442 g/mol. The molecule has 33 heavy (non-hydrogen) atoms. The van der Waals surface area contributed by atoms with Crippen molar-refractivity contribution in [2.24, 2.45) is 17.8 Å². The molecule has 5 heterocycles. The molecule has 0 aromatic heterocycles. The molecule has 2 bridgehead atoms. The second-order valence-electron chi connectivity index (χ2n) is 10.2. The van der Waals surface area contributed by atoms with Crippen molar-refractivity contribution in [2.75, 3.05) is 0 Å². The predicted molar refractivity (Wildman–Crippen MR) is 115 cm³/mol. The van der Waals surface area contributed by atoms with E-state index in [0.717, 1.165) is 17.4 Å². The fourth-order valence-corrected chi connectivity index (χ4v) is 7.90. The highest BCUT2D eigenvalue weighted by Crippen LogP contribution is 2.69. The molecule has 2 aromatic rings. The number of ether oxygens (including phenoxy) is 1. The number of amides is 3. The van der Waals surface area contributed by atoms with E-state index in [-0.39, 0.29) is 29.9 Å². The molecule has 1 aliphatic carbocycles. The summed E-state index contributed by atoms with van der Waals surface area (Å²) in [6.45, 7) is 3.94. The van der Waals surface area contributed by atoms with Gasteiger partial charge in [0.2, 0.25) is 6.41 Å². The van der Waals surface area contributed by atoms with Gasteiger partial charge in [-0.3, -0.25) is 19.3 Å². The molecular formula is C26H22N2O5. The number of nitrogens with zero attached hydrogens (tertiary/aromatic N) is 2. The third-order valence-electron chi connectivity index (χ3n) is 9.15. The molecule has 0 radical (unpaired) electrons. The van der Waals surface area contributed by atoms with Gasteiger partial charge in [0, 0.05) is 28.9 Å². The molecule has 8 atom stereocenters. The maximum Gasteiger partial charge on any atom is 0.261 e. The van der Waals surface area contributed by atoms with Crippen LogP contribution in [0.25, 0.3) is 0 Å². The SMILES string of the molecule is C[C@]1([C@H]2[C@@H](C=O)[C@H]3[C@H]4O[C@H]4[C@@H]2[C@@]2(C)c4ccccc4C(=O)N32)c2ccccc2C(=O)N1C=O. The Labute approximate surface area is 190 Å². The van der Waals surface area contributed by atoms with Crippen LogP contribution in [0, 0.1) is 17.8 Å². The normalized spacial score (nSPS) is 41.4. The Morgan fingerprint density at radius 1 is 0.818 bits per heavy atom. The molecule has 166 valence electrons. The van der Waals surface area contributed by atoms with Crippen LogP contribution in [0.1, 0.15) is 45.7 Å². The van der Waals surface area contributed by atoms with E-state index in [0.29, 0.717) is 17.5 Å². The van der Waals surface area contributed by atoms with E-state index in [9.17, 15) is 19.2 Å². The zero-order chi connectivity index (χ0) is 22.9. The zero-order valence-electron chi connectivity index (χ0n) is 18.2. The van der Waals surface area contributed by atoms with E-state index in [1.807, 2.05) is 48.2 Å². The lowest BCUT2D eigenvalue weighted by molar-refractivity contribution is -0.156. The van der Waals surface area contributed by atoms with Gasteiger partial charge in [-0.2, -0.15) is 0 Å². The van der Waals surface area contributed by atoms with Crippen LogP contribution in [0.3, 0.4) is 0 Å². The molecule has 0 spiro atoms. The molecule has 1 saturated carbocycles. The number of carbonyl (C=O) groups excluding carboxylic acids is 4. The summed E-state index contributed by atoms with van der Waals surface area (Å²) >= 11 is 0. The number of imide groups is 1. The summed E-state index contributed by atoms with van der Waals surface area (Å²) in [6, 6.07) is 14.4. The second-order valence-corrected chi connectivity index (χ2v) is 10.2. The van der Waals surface area contributed by atoms with Gasteiger partial charge in [0.1, 0.15) is 12.4 Å². The Hall–Kier alpha value is -3.32. The second kappa shape index (κ2) is 5.78. The van der Waals surface area contributed by atoms with Gasteiger partial charge >= 0.3 is 0 Å². The highest BCUT2D eigenvalue weighted by molar-refractivity contribution is 6.06. The molecule has 2 aromatic carbocycles. The maximum absolute atomic E-state index is 13.6. The minimum absolute atomic E-state index is 0.0809. The van der Waals surface area contributed by atoms with Gasteiger partial charge in [-0.15, -0.1) is 0 Å². The Morgan fingerprint density at radius 2 is 1.42 bits per heavy atom. The molecule has 0 N–H and O–H groups in total. The van der Waals surface area contributed by atoms with E-state index in [1.165, 1.54) is 4.90 Å². The molecule has 7 heteroatoms. The lowest BCUT2D eigenvalue weighted by atomic mass is 9.51. The molecule has 5 aliphatic heterocycles. The van der Waals surface area contributed by atoms with E-state index in [2.05, 4.69) is 6.92 Å². The molecule has 3 saturated heterocycles. The number of hydrogen-bond acceptors (Lipinski definition) is 5. The fourth-order valence-electron chi connectivity index (χ4n) is 7.90. The summed E-state index contributed by atoms with van der Waals surface area (Å²) in [5, 5.41) is 0. The predicted octanol–water partition coefficient (Wildman–Crippen LogP) is 2.10. The van der Waals surface area contributed by atoms with Crippen LogP contribution in [0.2, 0.25) is 0 Å². The van der Waals surface area contributed by atoms with Crippen molar-refractivity contribution < 1.29 is 23.9 Å². The molecule has 4 fully saturated rings. The van der Waals surface area contributed by atoms with Gasteiger partial charge in [0.05, 0.1) is 23.2 Å². The third-order valence-corrected chi connectivity index (χ3v) is 9.15. The standard InChI is InChI=1S/C26H22N2O5/c1-25(16-9-5-3-7-13(16)23(31)27(25)12-30)18-15(11-29)20-22-21(33-22)19(18)26(2)17-10-6-4-8-14(17)24(32)28(20)26/h3-12,15,18-22H,1-2H3/t15-,18+,19-,20+,21+,22-,25-,26-/m1/s1. The molecule has 0 unspecified atom stereocenters. The van der Waals surface area contributed by atoms with Crippen molar-refractivity contribution in [1.29, 1.82) is 0 Å². The number of fused-ring (bicyclic) bond motifs is 3. The monoisotopic (exact) mass is 442 g/mol. The van der Waals surface area contributed by atoms with E-state index < -0.39 is 29.0 Å². The molecular weight excluding hydrogens is 420 g/mol. The molecule has 3 amide bonds. The number of benzene rings is 2. The third kappa shape index (κ3) is 1.86. The van der Waals surface area contributed by atoms with Crippen molar-refractivity contribution in [3.8, 4) is 0 Å². The lowest BCUT2D eigenvalue weighted by Gasteiger charge is -2.62. The van der Waals surface area contributed by atoms with Gasteiger partial charge < -0.3 is 14.4 Å². The Balaban J connectivity index is 1.50. The summed E-state index contributed by atoms with van der Waals surface area (Å²) in [4.78, 5) is 54.9. The average Bonchev–Trinajstić information content (AvgIpc) is 3.56. The number of epoxide rings is 1. The number of hydrogen-bond donors (Lipinski definition) is 0. The summed E-state index contributed by atoms with van der Waals surface area (Å²) in [5.74, 6) is -1.67. The molecule has 7 nitrogen and oxygen atoms in total. The van der Waals surface area contributed by atoms with Crippen LogP contribution in [-0.2, 0) is 25.4 Å². The minimum atomic E-state index is -1.03. The van der Waals surface area contributed by atoms with Crippen molar-refractivity contribution >= 4 is 24.5 Å². The number of piperidine rings is 2. The lowest BCUT2D eigenvalue weighted by Crippen LogP contribution is -2.73. The highest BCUT2D eigenvalue weighted by atomic mass is 16.6. The number of rotatable bonds is 3. The van der Waals surface area contributed by atoms with E-state index in [1.54, 1.807) is 12.1 Å². The van der Waals surface area contributed by atoms with Crippen LogP contribution in [-0.4, -0.2) is 52.6 Å². The first-order valence-corrected chi connectivity index (χ1v) is 11.3. The first-order chi connectivity index (χ1) is 15.9. The molecule has 6 aliphatic rings. The quantitative estimate of drug-likeness (QED) is 0.537. The zero-order valence-corrected chi connectivity index (χ0v) is 18.2. The van der Waals surface area contributed by atoms with Gasteiger partial charge in [0.25, 0.3) is 11.8 Å². The highest BCUT2D eigenvalue weighted by Gasteiger charge is 2.79. The van der Waals surface area contributed by atoms with Crippen LogP contribution in [0.15, 0.2) is 48.5 Å². The summed E-state index contributed by atoms with van der Waals surface area (Å²) in [6.07, 6.45) is 1.17.